The number of aryl methyl sites for hydroxylation is 2. The van der Waals surface area contributed by atoms with Gasteiger partial charge in [-0.3, -0.25) is 0 Å². The number of hydrogen-bond donors (Lipinski definition) is 1. The molecule has 0 saturated heterocycles. The summed E-state index contributed by atoms with van der Waals surface area (Å²) in [6, 6.07) is 9.70. The van der Waals surface area contributed by atoms with E-state index >= 15 is 0 Å². The summed E-state index contributed by atoms with van der Waals surface area (Å²) >= 11 is 5.51. The summed E-state index contributed by atoms with van der Waals surface area (Å²) < 4.78 is 1.25. The van der Waals surface area contributed by atoms with Crippen LogP contribution in [0.2, 0.25) is 0 Å². The maximum absolute atomic E-state index is 3.73. The van der Waals surface area contributed by atoms with Gasteiger partial charge in [0.25, 0.3) is 0 Å². The highest BCUT2D eigenvalue weighted by molar-refractivity contribution is 9.10. The minimum absolute atomic E-state index is 0.422. The molecule has 1 aliphatic carbocycles. The molecule has 0 fully saturated rings. The second kappa shape index (κ2) is 7.08. The summed E-state index contributed by atoms with van der Waals surface area (Å²) in [4.78, 5) is 1.43. The third-order valence-electron chi connectivity index (χ3n) is 4.25. The van der Waals surface area contributed by atoms with E-state index in [0.717, 1.165) is 13.0 Å². The molecule has 0 saturated carbocycles. The van der Waals surface area contributed by atoms with Gasteiger partial charge in [-0.1, -0.05) is 25.1 Å². The molecule has 0 spiro atoms. The molecule has 1 aromatic carbocycles. The third kappa shape index (κ3) is 3.58. The van der Waals surface area contributed by atoms with E-state index in [2.05, 4.69) is 57.8 Å². The highest BCUT2D eigenvalue weighted by Crippen LogP contribution is 2.30. The van der Waals surface area contributed by atoms with Gasteiger partial charge in [-0.25, -0.2) is 0 Å². The monoisotopic (exact) mass is 363 g/mol. The molecule has 0 aliphatic heterocycles. The normalized spacial score (nSPS) is 15.1. The van der Waals surface area contributed by atoms with Gasteiger partial charge >= 0.3 is 0 Å². The van der Waals surface area contributed by atoms with Crippen molar-refractivity contribution in [2.45, 2.75) is 45.1 Å². The fourth-order valence-electron chi connectivity index (χ4n) is 3.09. The van der Waals surface area contributed by atoms with E-state index < -0.39 is 0 Å². The Morgan fingerprint density at radius 1 is 1.24 bits per heavy atom. The molecule has 3 heteroatoms. The molecule has 1 unspecified atom stereocenters. The van der Waals surface area contributed by atoms with Crippen molar-refractivity contribution in [1.29, 1.82) is 0 Å². The van der Waals surface area contributed by atoms with Crippen molar-refractivity contribution in [3.05, 3.63) is 55.7 Å². The van der Waals surface area contributed by atoms with Crippen LogP contribution >= 0.6 is 27.3 Å². The van der Waals surface area contributed by atoms with E-state index in [1.807, 2.05) is 11.3 Å². The smallest absolute Gasteiger partial charge is 0.0369 e. The van der Waals surface area contributed by atoms with Gasteiger partial charge in [0, 0.05) is 21.8 Å². The van der Waals surface area contributed by atoms with Crippen LogP contribution in [-0.2, 0) is 19.3 Å². The molecule has 1 heterocycles. The second-order valence-corrected chi connectivity index (χ2v) is 7.64. The third-order valence-corrected chi connectivity index (χ3v) is 6.19. The molecule has 1 N–H and O–H groups in total. The predicted octanol–water partition coefficient (Wildman–Crippen LogP) is 5.28. The number of halogens is 1. The van der Waals surface area contributed by atoms with Crippen LogP contribution in [0.15, 0.2) is 34.1 Å². The number of fused-ring (bicyclic) bond motifs is 1. The zero-order chi connectivity index (χ0) is 14.7. The maximum atomic E-state index is 3.73. The lowest BCUT2D eigenvalue weighted by molar-refractivity contribution is 0.531. The van der Waals surface area contributed by atoms with Gasteiger partial charge in [0.1, 0.15) is 0 Å². The summed E-state index contributed by atoms with van der Waals surface area (Å²) in [6.07, 6.45) is 6.08. The van der Waals surface area contributed by atoms with Crippen molar-refractivity contribution in [3.8, 4) is 0 Å². The number of thiophene rings is 1. The van der Waals surface area contributed by atoms with Crippen molar-refractivity contribution >= 4 is 27.3 Å². The first kappa shape index (κ1) is 15.3. The molecule has 0 bridgehead atoms. The lowest BCUT2D eigenvalue weighted by Crippen LogP contribution is -2.24. The molecule has 1 aromatic heterocycles. The minimum Gasteiger partial charge on any atom is -0.310 e. The van der Waals surface area contributed by atoms with Crippen molar-refractivity contribution in [3.63, 3.8) is 0 Å². The number of rotatable bonds is 6. The Hall–Kier alpha value is -0.640. The number of nitrogens with one attached hydrogen (secondary N) is 1. The first-order valence-electron chi connectivity index (χ1n) is 7.85. The zero-order valence-corrected chi connectivity index (χ0v) is 14.9. The molecular formula is C18H22BrNS. The molecule has 3 rings (SSSR count). The summed E-state index contributed by atoms with van der Waals surface area (Å²) in [5.41, 5.74) is 4.58. The molecular weight excluding hydrogens is 342 g/mol. The zero-order valence-electron chi connectivity index (χ0n) is 12.5. The van der Waals surface area contributed by atoms with Gasteiger partial charge in [-0.05, 0) is 76.3 Å². The highest BCUT2D eigenvalue weighted by atomic mass is 79.9. The van der Waals surface area contributed by atoms with Gasteiger partial charge in [-0.2, -0.15) is 0 Å². The summed E-state index contributed by atoms with van der Waals surface area (Å²) in [6.45, 7) is 3.30. The molecule has 0 amide bonds. The maximum Gasteiger partial charge on any atom is 0.0369 e. The van der Waals surface area contributed by atoms with Crippen LogP contribution in [-0.4, -0.2) is 6.54 Å². The molecule has 112 valence electrons. The first-order chi connectivity index (χ1) is 10.3. The number of benzene rings is 1. The topological polar surface area (TPSA) is 12.0 Å². The van der Waals surface area contributed by atoms with Gasteiger partial charge in [0.05, 0.1) is 0 Å². The van der Waals surface area contributed by atoms with Crippen molar-refractivity contribution in [1.82, 2.24) is 5.32 Å². The first-order valence-corrected chi connectivity index (χ1v) is 9.52. The van der Waals surface area contributed by atoms with Crippen LogP contribution < -0.4 is 5.32 Å². The van der Waals surface area contributed by atoms with E-state index in [9.17, 15) is 0 Å². The Labute approximate surface area is 139 Å². The summed E-state index contributed by atoms with van der Waals surface area (Å²) in [5, 5.41) is 5.89. The highest BCUT2D eigenvalue weighted by Gasteiger charge is 2.17. The average molecular weight is 364 g/mol. The van der Waals surface area contributed by atoms with Gasteiger partial charge in [0.15, 0.2) is 0 Å². The SMILES string of the molecule is CCCNC(Cc1sccc1Br)c1ccc2c(c1)CCC2. The average Bonchev–Trinajstić information content (AvgIpc) is 3.11. The Morgan fingerprint density at radius 2 is 2.10 bits per heavy atom. The number of hydrogen-bond acceptors (Lipinski definition) is 2. The van der Waals surface area contributed by atoms with E-state index in [1.165, 1.54) is 40.6 Å². The molecule has 1 nitrogen and oxygen atoms in total. The van der Waals surface area contributed by atoms with E-state index in [1.54, 1.807) is 11.1 Å². The molecule has 2 aromatic rings. The fourth-order valence-corrected chi connectivity index (χ4v) is 4.65. The van der Waals surface area contributed by atoms with Gasteiger partial charge in [-0.15, -0.1) is 11.3 Å². The van der Waals surface area contributed by atoms with Crippen LogP contribution in [0.1, 0.15) is 47.4 Å². The molecule has 1 aliphatic rings. The summed E-state index contributed by atoms with van der Waals surface area (Å²) in [5.74, 6) is 0. The van der Waals surface area contributed by atoms with E-state index in [-0.39, 0.29) is 0 Å². The van der Waals surface area contributed by atoms with Crippen molar-refractivity contribution < 1.29 is 0 Å². The van der Waals surface area contributed by atoms with Crippen LogP contribution in [0.4, 0.5) is 0 Å². The molecule has 21 heavy (non-hydrogen) atoms. The van der Waals surface area contributed by atoms with Crippen molar-refractivity contribution in [2.75, 3.05) is 6.54 Å². The minimum atomic E-state index is 0.422. The van der Waals surface area contributed by atoms with Crippen LogP contribution in [0.5, 0.6) is 0 Å². The van der Waals surface area contributed by atoms with Gasteiger partial charge in [0.2, 0.25) is 0 Å². The lowest BCUT2D eigenvalue weighted by atomic mass is 9.98. The predicted molar refractivity (Wildman–Crippen MR) is 95.2 cm³/mol. The Morgan fingerprint density at radius 3 is 2.86 bits per heavy atom. The lowest BCUT2D eigenvalue weighted by Gasteiger charge is -2.20. The second-order valence-electron chi connectivity index (χ2n) is 5.78. The standard InChI is InChI=1S/C18H22BrNS/c1-2-9-20-17(12-18-16(19)8-10-21-18)15-7-6-13-4-3-5-14(13)11-15/h6-8,10-11,17,20H,2-5,9,12H2,1H3. The van der Waals surface area contributed by atoms with Gasteiger partial charge < -0.3 is 5.32 Å². The largest absolute Gasteiger partial charge is 0.310 e. The Bertz CT molecular complexity index is 605. The van der Waals surface area contributed by atoms with Crippen molar-refractivity contribution in [2.24, 2.45) is 0 Å². The van der Waals surface area contributed by atoms with Crippen LogP contribution in [0.3, 0.4) is 0 Å². The summed E-state index contributed by atoms with van der Waals surface area (Å²) in [7, 11) is 0. The van der Waals surface area contributed by atoms with E-state index in [4.69, 9.17) is 0 Å². The van der Waals surface area contributed by atoms with E-state index in [0.29, 0.717) is 6.04 Å². The van der Waals surface area contributed by atoms with Crippen LogP contribution in [0.25, 0.3) is 0 Å². The quantitative estimate of drug-likeness (QED) is 0.735. The van der Waals surface area contributed by atoms with Crippen LogP contribution in [0, 0.1) is 0 Å². The Kier molecular flexibility index (Phi) is 5.15. The Balaban J connectivity index is 1.83. The molecule has 1 atom stereocenters. The fraction of sp³-hybridized carbons (Fsp3) is 0.444. The molecule has 0 radical (unpaired) electrons.